The lowest BCUT2D eigenvalue weighted by Crippen LogP contribution is -2.35. The van der Waals surface area contributed by atoms with Crippen molar-refractivity contribution < 1.29 is 23.9 Å². The van der Waals surface area contributed by atoms with Gasteiger partial charge in [0.15, 0.2) is 11.5 Å². The normalized spacial score (nSPS) is 9.58. The van der Waals surface area contributed by atoms with E-state index in [1.165, 1.54) is 6.33 Å². The maximum atomic E-state index is 11.5. The molecule has 0 aliphatic heterocycles. The van der Waals surface area contributed by atoms with E-state index in [0.717, 1.165) is 0 Å². The van der Waals surface area contributed by atoms with Gasteiger partial charge in [0.05, 0.1) is 19.5 Å². The quantitative estimate of drug-likeness (QED) is 0.697. The van der Waals surface area contributed by atoms with Gasteiger partial charge >= 0.3 is 18.1 Å². The SMILES string of the molecule is CCOC(=O)NC(=O)Nc1nc[nH]c1C(=O)OCC. The molecule has 0 fully saturated rings. The standard InChI is InChI=1S/C10H14N4O5/c1-3-18-8(15)6-7(12-5-11-6)13-9(16)14-10(17)19-4-2/h5H,3-4H2,1-2H3,(H,11,12)(H2,13,14,16,17). The molecule has 9 heteroatoms. The second kappa shape index (κ2) is 6.99. The number of H-pyrrole nitrogens is 1. The van der Waals surface area contributed by atoms with Crippen LogP contribution in [0.25, 0.3) is 0 Å². The third-order valence-corrected chi connectivity index (χ3v) is 1.84. The Labute approximate surface area is 108 Å². The Morgan fingerprint density at radius 3 is 2.58 bits per heavy atom. The maximum Gasteiger partial charge on any atom is 0.415 e. The summed E-state index contributed by atoms with van der Waals surface area (Å²) in [6.45, 7) is 3.57. The number of carbonyl (C=O) groups is 3. The molecule has 0 atom stereocenters. The minimum absolute atomic E-state index is 0.0131. The lowest BCUT2D eigenvalue weighted by Gasteiger charge is -2.06. The molecule has 0 saturated carbocycles. The van der Waals surface area contributed by atoms with E-state index < -0.39 is 18.1 Å². The van der Waals surface area contributed by atoms with Crippen molar-refractivity contribution in [2.75, 3.05) is 18.5 Å². The van der Waals surface area contributed by atoms with Gasteiger partial charge in [-0.25, -0.2) is 24.7 Å². The van der Waals surface area contributed by atoms with Crippen LogP contribution in [-0.2, 0) is 9.47 Å². The summed E-state index contributed by atoms with van der Waals surface area (Å²) in [7, 11) is 0. The minimum atomic E-state index is -0.895. The Balaban J connectivity index is 2.62. The summed E-state index contributed by atoms with van der Waals surface area (Å²) in [4.78, 5) is 40.1. The molecule has 3 amide bonds. The van der Waals surface area contributed by atoms with Crippen molar-refractivity contribution in [1.82, 2.24) is 15.3 Å². The van der Waals surface area contributed by atoms with Crippen molar-refractivity contribution in [3.8, 4) is 0 Å². The number of carbonyl (C=O) groups excluding carboxylic acids is 3. The lowest BCUT2D eigenvalue weighted by molar-refractivity contribution is 0.0521. The number of rotatable bonds is 4. The number of aromatic nitrogens is 2. The number of amides is 3. The van der Waals surface area contributed by atoms with Crippen molar-refractivity contribution in [1.29, 1.82) is 0 Å². The third-order valence-electron chi connectivity index (χ3n) is 1.84. The van der Waals surface area contributed by atoms with Crippen LogP contribution < -0.4 is 10.6 Å². The van der Waals surface area contributed by atoms with E-state index in [4.69, 9.17) is 4.74 Å². The average Bonchev–Trinajstić information content (AvgIpc) is 2.77. The van der Waals surface area contributed by atoms with Crippen molar-refractivity contribution in [2.45, 2.75) is 13.8 Å². The molecule has 0 unspecified atom stereocenters. The first kappa shape index (κ1) is 14.5. The highest BCUT2D eigenvalue weighted by molar-refractivity contribution is 6.02. The molecule has 9 nitrogen and oxygen atoms in total. The molecular weight excluding hydrogens is 256 g/mol. The van der Waals surface area contributed by atoms with E-state index in [9.17, 15) is 14.4 Å². The van der Waals surface area contributed by atoms with Gasteiger partial charge in [-0.05, 0) is 13.8 Å². The number of anilines is 1. The molecule has 0 aliphatic carbocycles. The Kier molecular flexibility index (Phi) is 5.33. The second-order valence-electron chi connectivity index (χ2n) is 3.15. The smallest absolute Gasteiger partial charge is 0.415 e. The fourth-order valence-electron chi connectivity index (χ4n) is 1.15. The fourth-order valence-corrected chi connectivity index (χ4v) is 1.15. The van der Waals surface area contributed by atoms with E-state index in [1.807, 2.05) is 5.32 Å². The summed E-state index contributed by atoms with van der Waals surface area (Å²) in [6.07, 6.45) is 0.319. The van der Waals surface area contributed by atoms with Crippen LogP contribution in [0.15, 0.2) is 6.33 Å². The van der Waals surface area contributed by atoms with Gasteiger partial charge in [-0.15, -0.1) is 0 Å². The molecule has 0 aromatic carbocycles. The van der Waals surface area contributed by atoms with Gasteiger partial charge in [-0.2, -0.15) is 0 Å². The van der Waals surface area contributed by atoms with E-state index in [-0.39, 0.29) is 24.7 Å². The predicted octanol–water partition coefficient (Wildman–Crippen LogP) is 0.864. The van der Waals surface area contributed by atoms with Gasteiger partial charge in [0.1, 0.15) is 0 Å². The number of nitrogens with one attached hydrogen (secondary N) is 3. The summed E-state index contributed by atoms with van der Waals surface area (Å²) in [6, 6.07) is -0.865. The minimum Gasteiger partial charge on any atom is -0.461 e. The molecule has 19 heavy (non-hydrogen) atoms. The number of hydrogen-bond acceptors (Lipinski definition) is 6. The Bertz CT molecular complexity index is 470. The van der Waals surface area contributed by atoms with Crippen LogP contribution in [0.3, 0.4) is 0 Å². The van der Waals surface area contributed by atoms with Crippen LogP contribution >= 0.6 is 0 Å². The summed E-state index contributed by atoms with van der Waals surface area (Å²) in [5, 5.41) is 4.13. The molecule has 0 spiro atoms. The van der Waals surface area contributed by atoms with E-state index in [2.05, 4.69) is 20.0 Å². The molecule has 1 aromatic rings. The second-order valence-corrected chi connectivity index (χ2v) is 3.15. The molecule has 1 aromatic heterocycles. The van der Waals surface area contributed by atoms with E-state index in [0.29, 0.717) is 0 Å². The number of imide groups is 1. The summed E-state index contributed by atoms with van der Waals surface area (Å²) in [5.74, 6) is -0.702. The number of imidazole rings is 1. The van der Waals surface area contributed by atoms with E-state index in [1.54, 1.807) is 13.8 Å². The van der Waals surface area contributed by atoms with Crippen LogP contribution in [-0.4, -0.2) is 41.3 Å². The van der Waals surface area contributed by atoms with Crippen LogP contribution in [0.4, 0.5) is 15.4 Å². The van der Waals surface area contributed by atoms with Gasteiger partial charge in [0.25, 0.3) is 0 Å². The van der Waals surface area contributed by atoms with E-state index >= 15 is 0 Å². The molecule has 104 valence electrons. The largest absolute Gasteiger partial charge is 0.461 e. The average molecular weight is 270 g/mol. The third kappa shape index (κ3) is 4.30. The zero-order chi connectivity index (χ0) is 14.3. The number of urea groups is 1. The first-order valence-corrected chi connectivity index (χ1v) is 5.53. The topological polar surface area (TPSA) is 122 Å². The number of hydrogen-bond donors (Lipinski definition) is 3. The van der Waals surface area contributed by atoms with Crippen molar-refractivity contribution in [3.05, 3.63) is 12.0 Å². The van der Waals surface area contributed by atoms with Crippen LogP contribution in [0.2, 0.25) is 0 Å². The molecule has 0 radical (unpaired) electrons. The van der Waals surface area contributed by atoms with Crippen molar-refractivity contribution >= 4 is 23.9 Å². The molecule has 1 rings (SSSR count). The van der Waals surface area contributed by atoms with Gasteiger partial charge < -0.3 is 14.5 Å². The molecule has 1 heterocycles. The zero-order valence-corrected chi connectivity index (χ0v) is 10.5. The van der Waals surface area contributed by atoms with Crippen LogP contribution in [0.1, 0.15) is 24.3 Å². The Morgan fingerprint density at radius 2 is 1.95 bits per heavy atom. The lowest BCUT2D eigenvalue weighted by atomic mass is 10.4. The number of alkyl carbamates (subject to hydrolysis) is 1. The molecular formula is C10H14N4O5. The number of nitrogens with zero attached hydrogens (tertiary/aromatic N) is 1. The zero-order valence-electron chi connectivity index (χ0n) is 10.5. The Morgan fingerprint density at radius 1 is 1.26 bits per heavy atom. The molecule has 0 bridgehead atoms. The summed E-state index contributed by atoms with van der Waals surface area (Å²) in [5.41, 5.74) is -0.0131. The summed E-state index contributed by atoms with van der Waals surface area (Å²) < 4.78 is 9.27. The highest BCUT2D eigenvalue weighted by Gasteiger charge is 2.18. The molecule has 3 N–H and O–H groups in total. The monoisotopic (exact) mass is 270 g/mol. The van der Waals surface area contributed by atoms with Crippen molar-refractivity contribution in [3.63, 3.8) is 0 Å². The highest BCUT2D eigenvalue weighted by Crippen LogP contribution is 2.10. The first-order chi connectivity index (χ1) is 9.08. The van der Waals surface area contributed by atoms with Gasteiger partial charge in [0.2, 0.25) is 0 Å². The van der Waals surface area contributed by atoms with Gasteiger partial charge in [0, 0.05) is 0 Å². The van der Waals surface area contributed by atoms with Crippen LogP contribution in [0, 0.1) is 0 Å². The van der Waals surface area contributed by atoms with Crippen molar-refractivity contribution in [2.24, 2.45) is 0 Å². The number of esters is 1. The van der Waals surface area contributed by atoms with Crippen LogP contribution in [0.5, 0.6) is 0 Å². The molecule has 0 saturated heterocycles. The predicted molar refractivity (Wildman–Crippen MR) is 63.7 cm³/mol. The fraction of sp³-hybridized carbons (Fsp3) is 0.400. The molecule has 0 aliphatic rings. The first-order valence-electron chi connectivity index (χ1n) is 5.53. The number of aromatic amines is 1. The van der Waals surface area contributed by atoms with Gasteiger partial charge in [-0.1, -0.05) is 0 Å². The number of ether oxygens (including phenoxy) is 2. The Hall–Kier alpha value is -2.58. The summed E-state index contributed by atoms with van der Waals surface area (Å²) >= 11 is 0. The highest BCUT2D eigenvalue weighted by atomic mass is 16.5. The van der Waals surface area contributed by atoms with Gasteiger partial charge in [-0.3, -0.25) is 5.32 Å². The maximum absolute atomic E-state index is 11.5.